The third kappa shape index (κ3) is 3.25. The monoisotopic (exact) mass is 236 g/mol. The van der Waals surface area contributed by atoms with Crippen LogP contribution >= 0.6 is 0 Å². The Morgan fingerprint density at radius 1 is 1.65 bits per heavy atom. The van der Waals surface area contributed by atoms with Gasteiger partial charge in [-0.15, -0.1) is 0 Å². The summed E-state index contributed by atoms with van der Waals surface area (Å²) in [5.74, 6) is 0. The van der Waals surface area contributed by atoms with E-state index in [-0.39, 0.29) is 6.10 Å². The third-order valence-corrected chi connectivity index (χ3v) is 3.10. The van der Waals surface area contributed by atoms with E-state index in [0.29, 0.717) is 6.61 Å². The molecule has 2 heterocycles. The Kier molecular flexibility index (Phi) is 4.48. The second-order valence-electron chi connectivity index (χ2n) is 4.44. The molecule has 1 aromatic heterocycles. The summed E-state index contributed by atoms with van der Waals surface area (Å²) in [6.07, 6.45) is 3.83. The molecule has 1 aliphatic rings. The number of hydrogen-bond donors (Lipinski definition) is 1. The smallest absolute Gasteiger partial charge is 0.108 e. The van der Waals surface area contributed by atoms with Gasteiger partial charge in [0, 0.05) is 31.0 Å². The molecule has 0 aliphatic carbocycles. The van der Waals surface area contributed by atoms with E-state index < -0.39 is 6.10 Å². The molecule has 1 aliphatic heterocycles. The van der Waals surface area contributed by atoms with E-state index in [1.54, 1.807) is 12.4 Å². The molecule has 0 spiro atoms. The lowest BCUT2D eigenvalue weighted by Crippen LogP contribution is -2.45. The molecule has 0 radical (unpaired) electrons. The van der Waals surface area contributed by atoms with E-state index in [1.807, 2.05) is 12.1 Å². The number of aromatic nitrogens is 1. The first-order chi connectivity index (χ1) is 8.31. The fourth-order valence-corrected chi connectivity index (χ4v) is 2.21. The largest absolute Gasteiger partial charge is 0.386 e. The second kappa shape index (κ2) is 6.10. The van der Waals surface area contributed by atoms with Gasteiger partial charge in [0.05, 0.1) is 6.61 Å². The minimum absolute atomic E-state index is 0.139. The van der Waals surface area contributed by atoms with E-state index in [2.05, 4.69) is 16.8 Å². The Balaban J connectivity index is 1.97. The van der Waals surface area contributed by atoms with E-state index in [1.165, 1.54) is 0 Å². The van der Waals surface area contributed by atoms with Crippen molar-refractivity contribution < 1.29 is 9.84 Å². The van der Waals surface area contributed by atoms with Crippen molar-refractivity contribution in [3.63, 3.8) is 0 Å². The topological polar surface area (TPSA) is 45.6 Å². The van der Waals surface area contributed by atoms with Crippen molar-refractivity contribution in [3.05, 3.63) is 30.1 Å². The Hall–Kier alpha value is -0.970. The highest BCUT2D eigenvalue weighted by Crippen LogP contribution is 2.21. The van der Waals surface area contributed by atoms with Crippen LogP contribution in [0.3, 0.4) is 0 Å². The van der Waals surface area contributed by atoms with Crippen LogP contribution in [0.4, 0.5) is 0 Å². The van der Waals surface area contributed by atoms with Gasteiger partial charge >= 0.3 is 0 Å². The Labute approximate surface area is 102 Å². The molecule has 4 heteroatoms. The molecule has 4 nitrogen and oxygen atoms in total. The van der Waals surface area contributed by atoms with E-state index >= 15 is 0 Å². The maximum absolute atomic E-state index is 10.2. The molecule has 2 atom stereocenters. The van der Waals surface area contributed by atoms with Gasteiger partial charge in [-0.05, 0) is 19.0 Å². The molecule has 1 aromatic rings. The van der Waals surface area contributed by atoms with Crippen molar-refractivity contribution in [3.8, 4) is 0 Å². The summed E-state index contributed by atoms with van der Waals surface area (Å²) < 4.78 is 5.65. The van der Waals surface area contributed by atoms with Crippen LogP contribution in [-0.2, 0) is 4.74 Å². The summed E-state index contributed by atoms with van der Waals surface area (Å²) in [6.45, 7) is 5.69. The maximum atomic E-state index is 10.2. The fraction of sp³-hybridized carbons (Fsp3) is 0.615. The fourth-order valence-electron chi connectivity index (χ4n) is 2.21. The van der Waals surface area contributed by atoms with Gasteiger partial charge in [-0.3, -0.25) is 9.88 Å². The lowest BCUT2D eigenvalue weighted by atomic mass is 10.0. The average Bonchev–Trinajstić information content (AvgIpc) is 2.40. The van der Waals surface area contributed by atoms with Crippen LogP contribution < -0.4 is 0 Å². The number of aliphatic hydroxyl groups excluding tert-OH is 1. The van der Waals surface area contributed by atoms with Crippen LogP contribution in [0.1, 0.15) is 25.0 Å². The molecule has 0 saturated carbocycles. The molecule has 17 heavy (non-hydrogen) atoms. The Morgan fingerprint density at radius 3 is 3.24 bits per heavy atom. The number of nitrogens with zero attached hydrogens (tertiary/aromatic N) is 2. The predicted molar refractivity (Wildman–Crippen MR) is 65.7 cm³/mol. The number of morpholine rings is 1. The first kappa shape index (κ1) is 12.5. The van der Waals surface area contributed by atoms with E-state index in [9.17, 15) is 5.11 Å². The second-order valence-corrected chi connectivity index (χ2v) is 4.44. The third-order valence-electron chi connectivity index (χ3n) is 3.10. The molecule has 2 unspecified atom stereocenters. The van der Waals surface area contributed by atoms with Crippen LogP contribution in [0.5, 0.6) is 0 Å². The number of hydrogen-bond acceptors (Lipinski definition) is 4. The first-order valence-electron chi connectivity index (χ1n) is 6.23. The van der Waals surface area contributed by atoms with Crippen molar-refractivity contribution >= 4 is 0 Å². The summed E-state index contributed by atoms with van der Waals surface area (Å²) in [5.41, 5.74) is 0.829. The normalized spacial score (nSPS) is 23.5. The summed E-state index contributed by atoms with van der Waals surface area (Å²) in [7, 11) is 0. The zero-order chi connectivity index (χ0) is 12.1. The van der Waals surface area contributed by atoms with Gasteiger partial charge in [-0.1, -0.05) is 13.0 Å². The highest BCUT2D eigenvalue weighted by molar-refractivity contribution is 5.13. The molecule has 0 amide bonds. The average molecular weight is 236 g/mol. The molecular formula is C13H20N2O2. The standard InChI is InChI=1S/C13H20N2O2/c1-2-6-15-7-8-17-12(10-15)13(16)11-4-3-5-14-9-11/h3-5,9,12-13,16H,2,6-8,10H2,1H3. The zero-order valence-electron chi connectivity index (χ0n) is 10.2. The lowest BCUT2D eigenvalue weighted by Gasteiger charge is -2.35. The van der Waals surface area contributed by atoms with Crippen molar-refractivity contribution in [1.29, 1.82) is 0 Å². The van der Waals surface area contributed by atoms with Crippen LogP contribution in [0.2, 0.25) is 0 Å². The van der Waals surface area contributed by atoms with Crippen molar-refractivity contribution in [2.75, 3.05) is 26.2 Å². The molecule has 0 aromatic carbocycles. The van der Waals surface area contributed by atoms with Crippen LogP contribution in [0.25, 0.3) is 0 Å². The Morgan fingerprint density at radius 2 is 2.53 bits per heavy atom. The van der Waals surface area contributed by atoms with Gasteiger partial charge in [0.2, 0.25) is 0 Å². The molecule has 0 bridgehead atoms. The molecule has 1 fully saturated rings. The van der Waals surface area contributed by atoms with Crippen LogP contribution in [0, 0.1) is 0 Å². The lowest BCUT2D eigenvalue weighted by molar-refractivity contribution is -0.0899. The number of ether oxygens (including phenoxy) is 1. The van der Waals surface area contributed by atoms with Crippen molar-refractivity contribution in [2.45, 2.75) is 25.6 Å². The van der Waals surface area contributed by atoms with Gasteiger partial charge in [0.1, 0.15) is 12.2 Å². The molecular weight excluding hydrogens is 216 g/mol. The number of aliphatic hydroxyl groups is 1. The molecule has 1 N–H and O–H groups in total. The number of pyridine rings is 1. The highest BCUT2D eigenvalue weighted by Gasteiger charge is 2.27. The van der Waals surface area contributed by atoms with Crippen LogP contribution in [-0.4, -0.2) is 47.3 Å². The maximum Gasteiger partial charge on any atom is 0.108 e. The van der Waals surface area contributed by atoms with E-state index in [0.717, 1.165) is 31.6 Å². The van der Waals surface area contributed by atoms with E-state index in [4.69, 9.17) is 4.74 Å². The summed E-state index contributed by atoms with van der Waals surface area (Å²) >= 11 is 0. The van der Waals surface area contributed by atoms with Gasteiger partial charge in [0.25, 0.3) is 0 Å². The first-order valence-corrected chi connectivity index (χ1v) is 6.23. The Bertz CT molecular complexity index is 329. The van der Waals surface area contributed by atoms with Gasteiger partial charge in [0.15, 0.2) is 0 Å². The van der Waals surface area contributed by atoms with Gasteiger partial charge in [-0.2, -0.15) is 0 Å². The minimum Gasteiger partial charge on any atom is -0.386 e. The van der Waals surface area contributed by atoms with Crippen molar-refractivity contribution in [2.24, 2.45) is 0 Å². The van der Waals surface area contributed by atoms with Crippen LogP contribution in [0.15, 0.2) is 24.5 Å². The molecule has 1 saturated heterocycles. The van der Waals surface area contributed by atoms with Gasteiger partial charge < -0.3 is 9.84 Å². The minimum atomic E-state index is -0.580. The van der Waals surface area contributed by atoms with Gasteiger partial charge in [-0.25, -0.2) is 0 Å². The quantitative estimate of drug-likeness (QED) is 0.854. The predicted octanol–water partition coefficient (Wildman–Crippen LogP) is 1.23. The SMILES string of the molecule is CCCN1CCOC(C(O)c2cccnc2)C1. The number of rotatable bonds is 4. The zero-order valence-corrected chi connectivity index (χ0v) is 10.2. The summed E-state index contributed by atoms with van der Waals surface area (Å²) in [6, 6.07) is 3.73. The molecule has 94 valence electrons. The molecule has 2 rings (SSSR count). The highest BCUT2D eigenvalue weighted by atomic mass is 16.5. The van der Waals surface area contributed by atoms with Crippen molar-refractivity contribution in [1.82, 2.24) is 9.88 Å². The summed E-state index contributed by atoms with van der Waals surface area (Å²) in [5, 5.41) is 10.2. The summed E-state index contributed by atoms with van der Waals surface area (Å²) in [4.78, 5) is 6.37.